The van der Waals surface area contributed by atoms with E-state index in [9.17, 15) is 9.18 Å². The topological polar surface area (TPSA) is 52.3 Å². The summed E-state index contributed by atoms with van der Waals surface area (Å²) in [5.41, 5.74) is 6.27. The average molecular weight is 195 g/mol. The van der Waals surface area contributed by atoms with Gasteiger partial charge >= 0.3 is 5.97 Å². The fourth-order valence-corrected chi connectivity index (χ4v) is 1.48. The van der Waals surface area contributed by atoms with Crippen molar-refractivity contribution in [3.05, 3.63) is 35.6 Å². The summed E-state index contributed by atoms with van der Waals surface area (Å²) in [5.74, 6) is -0.693. The molecule has 0 radical (unpaired) electrons. The quantitative estimate of drug-likeness (QED) is 0.683. The number of nitrogens with two attached hydrogens (primary N) is 1. The van der Waals surface area contributed by atoms with Crippen LogP contribution < -0.4 is 5.73 Å². The van der Waals surface area contributed by atoms with E-state index >= 15 is 0 Å². The Balaban J connectivity index is 2.17. The lowest BCUT2D eigenvalue weighted by molar-refractivity contribution is -0.142. The number of rotatable bonds is 1. The molecule has 0 amide bonds. The SMILES string of the molecule is NC1CC(c2ccc(F)cc2)OC1=O. The van der Waals surface area contributed by atoms with Crippen molar-refractivity contribution in [2.45, 2.75) is 18.6 Å². The molecule has 0 spiro atoms. The van der Waals surface area contributed by atoms with Gasteiger partial charge in [0, 0.05) is 6.42 Å². The van der Waals surface area contributed by atoms with Crippen LogP contribution in [-0.2, 0) is 9.53 Å². The van der Waals surface area contributed by atoms with E-state index in [0.29, 0.717) is 6.42 Å². The number of benzene rings is 1. The second kappa shape index (κ2) is 3.38. The Hall–Kier alpha value is -1.42. The lowest BCUT2D eigenvalue weighted by atomic mass is 10.1. The molecule has 1 heterocycles. The Morgan fingerprint density at radius 2 is 2.00 bits per heavy atom. The van der Waals surface area contributed by atoms with E-state index in [4.69, 9.17) is 10.5 Å². The molecule has 0 saturated carbocycles. The lowest BCUT2D eigenvalue weighted by Gasteiger charge is -2.08. The van der Waals surface area contributed by atoms with Crippen molar-refractivity contribution in [1.82, 2.24) is 0 Å². The van der Waals surface area contributed by atoms with Gasteiger partial charge in [0.15, 0.2) is 0 Å². The zero-order valence-electron chi connectivity index (χ0n) is 7.44. The highest BCUT2D eigenvalue weighted by atomic mass is 19.1. The molecule has 1 fully saturated rings. The molecule has 1 aliphatic rings. The Kier molecular flexibility index (Phi) is 2.21. The Bertz CT molecular complexity index is 350. The van der Waals surface area contributed by atoms with Crippen LogP contribution in [0.4, 0.5) is 4.39 Å². The first kappa shape index (κ1) is 9.15. The van der Waals surface area contributed by atoms with E-state index in [1.165, 1.54) is 12.1 Å². The molecule has 1 aliphatic heterocycles. The molecule has 2 N–H and O–H groups in total. The van der Waals surface area contributed by atoms with Gasteiger partial charge in [-0.05, 0) is 17.7 Å². The van der Waals surface area contributed by atoms with Crippen molar-refractivity contribution in [1.29, 1.82) is 0 Å². The summed E-state index contributed by atoms with van der Waals surface area (Å²) < 4.78 is 17.6. The molecule has 74 valence electrons. The van der Waals surface area contributed by atoms with Crippen LogP contribution in [0.1, 0.15) is 18.1 Å². The molecule has 1 aromatic rings. The molecule has 3 nitrogen and oxygen atoms in total. The van der Waals surface area contributed by atoms with Crippen LogP contribution in [0.2, 0.25) is 0 Å². The average Bonchev–Trinajstić information content (AvgIpc) is 2.48. The molecule has 4 heteroatoms. The normalized spacial score (nSPS) is 26.3. The van der Waals surface area contributed by atoms with E-state index in [1.807, 2.05) is 0 Å². The number of halogens is 1. The minimum absolute atomic E-state index is 0.303. The van der Waals surface area contributed by atoms with Crippen molar-refractivity contribution in [2.24, 2.45) is 5.73 Å². The van der Waals surface area contributed by atoms with E-state index in [2.05, 4.69) is 0 Å². The third-order valence-electron chi connectivity index (χ3n) is 2.27. The number of hydrogen-bond donors (Lipinski definition) is 1. The van der Waals surface area contributed by atoms with E-state index in [0.717, 1.165) is 5.56 Å². The van der Waals surface area contributed by atoms with Gasteiger partial charge in [-0.1, -0.05) is 12.1 Å². The van der Waals surface area contributed by atoms with Crippen molar-refractivity contribution < 1.29 is 13.9 Å². The highest BCUT2D eigenvalue weighted by molar-refractivity contribution is 5.77. The summed E-state index contributed by atoms with van der Waals surface area (Å²) >= 11 is 0. The van der Waals surface area contributed by atoms with Crippen molar-refractivity contribution in [2.75, 3.05) is 0 Å². The van der Waals surface area contributed by atoms with Crippen molar-refractivity contribution in [3.63, 3.8) is 0 Å². The smallest absolute Gasteiger partial charge is 0.323 e. The summed E-state index contributed by atoms with van der Waals surface area (Å²) in [6, 6.07) is 5.33. The van der Waals surface area contributed by atoms with Gasteiger partial charge in [-0.25, -0.2) is 4.39 Å². The van der Waals surface area contributed by atoms with Gasteiger partial charge in [-0.3, -0.25) is 4.79 Å². The Morgan fingerprint density at radius 3 is 2.50 bits per heavy atom. The minimum Gasteiger partial charge on any atom is -0.456 e. The van der Waals surface area contributed by atoms with Gasteiger partial charge in [0.25, 0.3) is 0 Å². The fraction of sp³-hybridized carbons (Fsp3) is 0.300. The fourth-order valence-electron chi connectivity index (χ4n) is 1.48. The number of carbonyl (C=O) groups excluding carboxylic acids is 1. The maximum Gasteiger partial charge on any atom is 0.323 e. The van der Waals surface area contributed by atoms with Crippen LogP contribution >= 0.6 is 0 Å². The third kappa shape index (κ3) is 1.61. The molecule has 14 heavy (non-hydrogen) atoms. The standard InChI is InChI=1S/C10H10FNO2/c11-7-3-1-6(2-4-7)9-5-8(12)10(13)14-9/h1-4,8-9H,5,12H2. The summed E-state index contributed by atoms with van der Waals surface area (Å²) in [7, 11) is 0. The van der Waals surface area contributed by atoms with E-state index in [1.54, 1.807) is 12.1 Å². The number of carbonyl (C=O) groups is 1. The largest absolute Gasteiger partial charge is 0.456 e. The van der Waals surface area contributed by atoms with E-state index < -0.39 is 6.04 Å². The molecule has 0 bridgehead atoms. The summed E-state index contributed by atoms with van der Waals surface area (Å²) in [5, 5.41) is 0. The van der Waals surface area contributed by atoms with Gasteiger partial charge in [-0.15, -0.1) is 0 Å². The molecular weight excluding hydrogens is 185 g/mol. The van der Waals surface area contributed by atoms with Crippen LogP contribution in [0.3, 0.4) is 0 Å². The third-order valence-corrected chi connectivity index (χ3v) is 2.27. The minimum atomic E-state index is -0.551. The molecule has 1 aromatic carbocycles. The van der Waals surface area contributed by atoms with E-state index in [-0.39, 0.29) is 17.9 Å². The first-order chi connectivity index (χ1) is 6.66. The van der Waals surface area contributed by atoms with Crippen molar-refractivity contribution in [3.8, 4) is 0 Å². The maximum atomic E-state index is 12.6. The monoisotopic (exact) mass is 195 g/mol. The molecule has 0 aliphatic carbocycles. The predicted octanol–water partition coefficient (Wildman–Crippen LogP) is 1.14. The number of ether oxygens (including phenoxy) is 1. The van der Waals surface area contributed by atoms with Gasteiger partial charge < -0.3 is 10.5 Å². The molecule has 0 aromatic heterocycles. The molecule has 2 atom stereocenters. The van der Waals surface area contributed by atoms with Crippen LogP contribution in [0, 0.1) is 5.82 Å². The molecule has 2 unspecified atom stereocenters. The lowest BCUT2D eigenvalue weighted by Crippen LogP contribution is -2.24. The van der Waals surface area contributed by atoms with Gasteiger partial charge in [0.05, 0.1) is 0 Å². The summed E-state index contributed by atoms with van der Waals surface area (Å²) in [6.07, 6.45) is 0.142. The second-order valence-electron chi connectivity index (χ2n) is 3.32. The number of hydrogen-bond acceptors (Lipinski definition) is 3. The summed E-state index contributed by atoms with van der Waals surface area (Å²) in [4.78, 5) is 11.0. The molecule has 1 saturated heterocycles. The Morgan fingerprint density at radius 1 is 1.36 bits per heavy atom. The van der Waals surface area contributed by atoms with Crippen LogP contribution in [0.15, 0.2) is 24.3 Å². The van der Waals surface area contributed by atoms with Gasteiger partial charge in [0.1, 0.15) is 18.0 Å². The zero-order chi connectivity index (χ0) is 10.1. The van der Waals surface area contributed by atoms with Crippen LogP contribution in [0.5, 0.6) is 0 Å². The van der Waals surface area contributed by atoms with Gasteiger partial charge in [-0.2, -0.15) is 0 Å². The number of esters is 1. The van der Waals surface area contributed by atoms with Crippen LogP contribution in [0.25, 0.3) is 0 Å². The first-order valence-electron chi connectivity index (χ1n) is 4.38. The number of cyclic esters (lactones) is 1. The molecule has 2 rings (SSSR count). The highest BCUT2D eigenvalue weighted by Crippen LogP contribution is 2.28. The molecular formula is C10H10FNO2. The second-order valence-corrected chi connectivity index (χ2v) is 3.32. The Labute approximate surface area is 80.7 Å². The first-order valence-corrected chi connectivity index (χ1v) is 4.38. The van der Waals surface area contributed by atoms with Crippen LogP contribution in [-0.4, -0.2) is 12.0 Å². The van der Waals surface area contributed by atoms with Crippen molar-refractivity contribution >= 4 is 5.97 Å². The zero-order valence-corrected chi connectivity index (χ0v) is 7.44. The summed E-state index contributed by atoms with van der Waals surface area (Å²) in [6.45, 7) is 0. The predicted molar refractivity (Wildman–Crippen MR) is 47.8 cm³/mol. The highest BCUT2D eigenvalue weighted by Gasteiger charge is 2.32. The van der Waals surface area contributed by atoms with Gasteiger partial charge in [0.2, 0.25) is 0 Å². The maximum absolute atomic E-state index is 12.6.